The highest BCUT2D eigenvalue weighted by Crippen LogP contribution is 1.97. The molecule has 0 saturated carbocycles. The zero-order valence-corrected chi connectivity index (χ0v) is 8.09. The van der Waals surface area contributed by atoms with Crippen LogP contribution in [0.25, 0.3) is 0 Å². The fraction of sp³-hybridized carbons (Fsp3) is 0.571. The van der Waals surface area contributed by atoms with Gasteiger partial charge in [-0.3, -0.25) is 9.59 Å². The van der Waals surface area contributed by atoms with E-state index in [0.717, 1.165) is 0 Å². The molecule has 6 heteroatoms. The Labute approximate surface area is 80.4 Å². The summed E-state index contributed by atoms with van der Waals surface area (Å²) >= 11 is 0. The number of hydrogen-bond donors (Lipinski definition) is 0. The maximum atomic E-state index is 10.9. The Kier molecular flexibility index (Phi) is 3.87. The Balaban J connectivity index is 0.00000144. The smallest absolute Gasteiger partial charge is 0.424 e. The zero-order valence-electron chi connectivity index (χ0n) is 7.27. The molecule has 1 heterocycles. The van der Waals surface area contributed by atoms with Crippen molar-refractivity contribution in [2.75, 3.05) is 0 Å². The van der Waals surface area contributed by atoms with Crippen LogP contribution in [0.2, 0.25) is 0 Å². The summed E-state index contributed by atoms with van der Waals surface area (Å²) in [5.41, 5.74) is -1.58. The zero-order chi connectivity index (χ0) is 9.30. The number of carbonyl (C=O) groups excluding carboxylic acids is 1. The van der Waals surface area contributed by atoms with Crippen molar-refractivity contribution in [1.82, 2.24) is 4.57 Å². The van der Waals surface area contributed by atoms with Crippen molar-refractivity contribution in [2.45, 2.75) is 26.4 Å². The van der Waals surface area contributed by atoms with E-state index in [1.807, 2.05) is 6.92 Å². The van der Waals surface area contributed by atoms with Crippen LogP contribution in [0.4, 0.5) is 4.79 Å². The van der Waals surface area contributed by atoms with Gasteiger partial charge in [-0.25, -0.2) is 4.79 Å². The predicted octanol–water partition coefficient (Wildman–Crippen LogP) is 0.289. The van der Waals surface area contributed by atoms with Crippen LogP contribution in [-0.2, 0) is 4.74 Å². The Bertz CT molecular complexity index is 338. The Morgan fingerprint density at radius 2 is 1.92 bits per heavy atom. The first-order chi connectivity index (χ1) is 5.57. The van der Waals surface area contributed by atoms with Crippen molar-refractivity contribution in [3.63, 3.8) is 0 Å². The van der Waals surface area contributed by atoms with Crippen LogP contribution in [0.15, 0.2) is 9.59 Å². The minimum Gasteiger partial charge on any atom is -0.446 e. The predicted molar refractivity (Wildman–Crippen MR) is 48.2 cm³/mol. The second-order valence-corrected chi connectivity index (χ2v) is 2.55. The van der Waals surface area contributed by atoms with Crippen LogP contribution in [-0.4, -0.2) is 16.8 Å². The molecule has 1 aromatic rings. The van der Waals surface area contributed by atoms with Gasteiger partial charge < -0.3 is 4.74 Å². The van der Waals surface area contributed by atoms with Gasteiger partial charge >= 0.3 is 17.2 Å². The number of nitrogens with zero attached hydrogens (tertiary/aromatic N) is 1. The SMILES string of the molecule is CCC(C)OC(=O)n1c(=O)c1=O.Cl. The van der Waals surface area contributed by atoms with Gasteiger partial charge in [0.15, 0.2) is 0 Å². The molecule has 74 valence electrons. The standard InChI is InChI=1S/C7H9NO4.ClH/c1-3-4(2)12-7(11)8-5(9)6(8)10;/h4H,3H2,1-2H3;1H. The quantitative estimate of drug-likeness (QED) is 0.654. The van der Waals surface area contributed by atoms with Crippen molar-refractivity contribution in [2.24, 2.45) is 0 Å². The summed E-state index contributed by atoms with van der Waals surface area (Å²) in [6.07, 6.45) is -0.472. The maximum Gasteiger partial charge on any atom is 0.424 e. The highest BCUT2D eigenvalue weighted by Gasteiger charge is 2.25. The topological polar surface area (TPSA) is 65.4 Å². The molecule has 1 unspecified atom stereocenters. The average Bonchev–Trinajstić information content (AvgIpc) is 2.60. The number of ether oxygens (including phenoxy) is 1. The molecule has 0 fully saturated rings. The van der Waals surface area contributed by atoms with Gasteiger partial charge in [0.2, 0.25) is 0 Å². The monoisotopic (exact) mass is 207 g/mol. The minimum absolute atomic E-state index is 0. The molecule has 1 atom stereocenters. The molecule has 0 amide bonds. The van der Waals surface area contributed by atoms with Crippen molar-refractivity contribution in [1.29, 1.82) is 0 Å². The van der Waals surface area contributed by atoms with Crippen LogP contribution in [0.5, 0.6) is 0 Å². The van der Waals surface area contributed by atoms with Crippen molar-refractivity contribution >= 4 is 18.5 Å². The van der Waals surface area contributed by atoms with E-state index in [4.69, 9.17) is 4.74 Å². The van der Waals surface area contributed by atoms with E-state index in [1.54, 1.807) is 6.92 Å². The maximum absolute atomic E-state index is 10.9. The van der Waals surface area contributed by atoms with Gasteiger partial charge in [-0.15, -0.1) is 12.4 Å². The molecule has 0 aliphatic rings. The summed E-state index contributed by atoms with van der Waals surface area (Å²) in [4.78, 5) is 31.7. The van der Waals surface area contributed by atoms with Crippen LogP contribution in [0, 0.1) is 0 Å². The molecule has 0 aliphatic carbocycles. The van der Waals surface area contributed by atoms with Gasteiger partial charge in [0.25, 0.3) is 0 Å². The van der Waals surface area contributed by atoms with Crippen LogP contribution >= 0.6 is 12.4 Å². The second-order valence-electron chi connectivity index (χ2n) is 2.55. The fourth-order valence-corrected chi connectivity index (χ4v) is 0.609. The molecule has 0 aliphatic heterocycles. The van der Waals surface area contributed by atoms with E-state index in [0.29, 0.717) is 11.0 Å². The lowest BCUT2D eigenvalue weighted by atomic mass is 10.3. The molecule has 1 aromatic heterocycles. The molecule has 0 spiro atoms. The first kappa shape index (κ1) is 11.9. The molecule has 1 rings (SSSR count). The van der Waals surface area contributed by atoms with Gasteiger partial charge in [-0.1, -0.05) is 6.92 Å². The third-order valence-corrected chi connectivity index (χ3v) is 1.60. The first-order valence-corrected chi connectivity index (χ1v) is 3.67. The molecule has 0 aromatic carbocycles. The van der Waals surface area contributed by atoms with E-state index in [2.05, 4.69) is 0 Å². The van der Waals surface area contributed by atoms with Gasteiger partial charge in [-0.05, 0) is 13.3 Å². The van der Waals surface area contributed by atoms with Crippen molar-refractivity contribution < 1.29 is 9.53 Å². The second kappa shape index (κ2) is 4.23. The lowest BCUT2D eigenvalue weighted by molar-refractivity contribution is 0.108. The number of hydrogen-bond acceptors (Lipinski definition) is 4. The van der Waals surface area contributed by atoms with E-state index in [-0.39, 0.29) is 18.5 Å². The van der Waals surface area contributed by atoms with Crippen molar-refractivity contribution in [3.05, 3.63) is 20.7 Å². The average molecular weight is 208 g/mol. The minimum atomic E-state index is -0.862. The van der Waals surface area contributed by atoms with E-state index in [9.17, 15) is 14.4 Å². The highest BCUT2D eigenvalue weighted by atomic mass is 35.5. The Morgan fingerprint density at radius 1 is 1.46 bits per heavy atom. The van der Waals surface area contributed by atoms with E-state index < -0.39 is 17.2 Å². The first-order valence-electron chi connectivity index (χ1n) is 3.67. The molecule has 13 heavy (non-hydrogen) atoms. The summed E-state index contributed by atoms with van der Waals surface area (Å²) in [5, 5.41) is 0. The Morgan fingerprint density at radius 3 is 2.23 bits per heavy atom. The molecule has 5 nitrogen and oxygen atoms in total. The fourth-order valence-electron chi connectivity index (χ4n) is 0.609. The molecule has 0 N–H and O–H groups in total. The summed E-state index contributed by atoms with van der Waals surface area (Å²) in [7, 11) is 0. The molecular weight excluding hydrogens is 198 g/mol. The van der Waals surface area contributed by atoms with Gasteiger partial charge in [0.05, 0.1) is 0 Å². The number of rotatable bonds is 2. The third-order valence-electron chi connectivity index (χ3n) is 1.60. The summed E-state index contributed by atoms with van der Waals surface area (Å²) in [6, 6.07) is 0. The number of halogens is 1. The number of aromatic nitrogens is 1. The van der Waals surface area contributed by atoms with E-state index >= 15 is 0 Å². The lowest BCUT2D eigenvalue weighted by Crippen LogP contribution is -2.18. The van der Waals surface area contributed by atoms with Gasteiger partial charge in [0, 0.05) is 0 Å². The van der Waals surface area contributed by atoms with Gasteiger partial charge in [-0.2, -0.15) is 4.57 Å². The lowest BCUT2D eigenvalue weighted by Gasteiger charge is -2.07. The molecule has 0 saturated heterocycles. The molecule has 0 bridgehead atoms. The largest absolute Gasteiger partial charge is 0.446 e. The summed E-state index contributed by atoms with van der Waals surface area (Å²) in [5.74, 6) is 0. The van der Waals surface area contributed by atoms with E-state index in [1.165, 1.54) is 0 Å². The molecular formula is C7H10ClNO4. The summed E-state index contributed by atoms with van der Waals surface area (Å²) in [6.45, 7) is 3.53. The number of carbonyl (C=O) groups is 1. The Hall–Kier alpha value is -1.10. The van der Waals surface area contributed by atoms with Crippen molar-refractivity contribution in [3.8, 4) is 0 Å². The third kappa shape index (κ3) is 2.42. The molecule has 0 radical (unpaired) electrons. The van der Waals surface area contributed by atoms with Crippen LogP contribution < -0.4 is 11.1 Å². The van der Waals surface area contributed by atoms with Crippen LogP contribution in [0.1, 0.15) is 20.3 Å². The summed E-state index contributed by atoms with van der Waals surface area (Å²) < 4.78 is 5.19. The highest BCUT2D eigenvalue weighted by molar-refractivity contribution is 5.85. The van der Waals surface area contributed by atoms with Crippen LogP contribution in [0.3, 0.4) is 0 Å². The van der Waals surface area contributed by atoms with Gasteiger partial charge in [0.1, 0.15) is 6.10 Å². The normalized spacial score (nSPS) is 12.2.